The summed E-state index contributed by atoms with van der Waals surface area (Å²) >= 11 is 0. The van der Waals surface area contributed by atoms with E-state index in [1.807, 2.05) is 13.8 Å². The van der Waals surface area contributed by atoms with E-state index >= 15 is 0 Å². The fourth-order valence-corrected chi connectivity index (χ4v) is 5.22. The SMILES string of the molecule is CCOc1ccc(C(=O)NNC(=O)c2ccc(CC)c(S(=O)(=O)N3CCOCC3)c2)cc1OC. The van der Waals surface area contributed by atoms with E-state index < -0.39 is 21.8 Å². The molecule has 10 nitrogen and oxygen atoms in total. The third-order valence-electron chi connectivity index (χ3n) is 5.31. The molecule has 0 spiro atoms. The summed E-state index contributed by atoms with van der Waals surface area (Å²) in [5, 5.41) is 0. The Hall–Kier alpha value is -3.15. The second-order valence-electron chi connectivity index (χ2n) is 7.40. The first-order valence-electron chi connectivity index (χ1n) is 10.9. The molecule has 0 aliphatic carbocycles. The van der Waals surface area contributed by atoms with Crippen LogP contribution in [0.5, 0.6) is 11.5 Å². The van der Waals surface area contributed by atoms with Crippen molar-refractivity contribution in [3.05, 3.63) is 53.1 Å². The zero-order valence-electron chi connectivity index (χ0n) is 19.4. The molecule has 1 aliphatic heterocycles. The van der Waals surface area contributed by atoms with Crippen LogP contribution < -0.4 is 20.3 Å². The Bertz CT molecular complexity index is 1150. The molecule has 1 heterocycles. The van der Waals surface area contributed by atoms with E-state index in [4.69, 9.17) is 14.2 Å². The number of carbonyl (C=O) groups excluding carboxylic acids is 2. The number of nitrogens with zero attached hydrogens (tertiary/aromatic N) is 1. The van der Waals surface area contributed by atoms with Gasteiger partial charge in [-0.15, -0.1) is 0 Å². The highest BCUT2D eigenvalue weighted by molar-refractivity contribution is 7.89. The van der Waals surface area contributed by atoms with Crippen LogP contribution in [0.3, 0.4) is 0 Å². The van der Waals surface area contributed by atoms with Gasteiger partial charge in [-0.2, -0.15) is 4.31 Å². The molecule has 2 aromatic rings. The Labute approximate surface area is 199 Å². The van der Waals surface area contributed by atoms with E-state index in [0.29, 0.717) is 43.3 Å². The summed E-state index contributed by atoms with van der Waals surface area (Å²) in [5.74, 6) is -0.335. The van der Waals surface area contributed by atoms with Gasteiger partial charge in [-0.25, -0.2) is 8.42 Å². The highest BCUT2D eigenvalue weighted by Crippen LogP contribution is 2.28. The molecular formula is C23H29N3O7S. The van der Waals surface area contributed by atoms with Crippen molar-refractivity contribution in [1.82, 2.24) is 15.2 Å². The van der Waals surface area contributed by atoms with Crippen LogP contribution in [0, 0.1) is 0 Å². The van der Waals surface area contributed by atoms with Crippen molar-refractivity contribution in [2.45, 2.75) is 25.2 Å². The van der Waals surface area contributed by atoms with Gasteiger partial charge >= 0.3 is 0 Å². The molecule has 3 rings (SSSR count). The number of aryl methyl sites for hydroxylation is 1. The van der Waals surface area contributed by atoms with Gasteiger partial charge < -0.3 is 14.2 Å². The maximum atomic E-state index is 13.2. The normalized spacial score (nSPS) is 14.3. The molecule has 1 fully saturated rings. The van der Waals surface area contributed by atoms with Crippen molar-refractivity contribution < 1.29 is 32.2 Å². The Morgan fingerprint density at radius 3 is 2.18 bits per heavy atom. The number of carbonyl (C=O) groups is 2. The predicted molar refractivity (Wildman–Crippen MR) is 124 cm³/mol. The fourth-order valence-electron chi connectivity index (χ4n) is 3.50. The maximum absolute atomic E-state index is 13.2. The Kier molecular flexibility index (Phi) is 8.48. The minimum Gasteiger partial charge on any atom is -0.493 e. The quantitative estimate of drug-likeness (QED) is 0.539. The lowest BCUT2D eigenvalue weighted by Crippen LogP contribution is -2.42. The van der Waals surface area contributed by atoms with Gasteiger partial charge in [0.2, 0.25) is 10.0 Å². The second-order valence-corrected chi connectivity index (χ2v) is 9.31. The van der Waals surface area contributed by atoms with Crippen molar-refractivity contribution in [2.24, 2.45) is 0 Å². The molecule has 184 valence electrons. The molecule has 0 atom stereocenters. The Morgan fingerprint density at radius 1 is 0.971 bits per heavy atom. The number of amides is 2. The van der Waals surface area contributed by atoms with Gasteiger partial charge in [0.1, 0.15) is 0 Å². The number of benzene rings is 2. The molecule has 11 heteroatoms. The lowest BCUT2D eigenvalue weighted by atomic mass is 10.1. The zero-order valence-corrected chi connectivity index (χ0v) is 20.2. The Balaban J connectivity index is 1.75. The molecule has 0 aromatic heterocycles. The van der Waals surface area contributed by atoms with Gasteiger partial charge in [-0.1, -0.05) is 13.0 Å². The molecule has 0 bridgehead atoms. The molecule has 1 aliphatic rings. The number of nitrogens with one attached hydrogen (secondary N) is 2. The standard InChI is InChI=1S/C23H29N3O7S/c1-4-16-6-7-18(15-21(16)34(29,30)26-10-12-32-13-11-26)23(28)25-24-22(27)17-8-9-19(33-5-2)20(14-17)31-3/h6-9,14-15H,4-5,10-13H2,1-3H3,(H,24,27)(H,25,28). The average Bonchev–Trinajstić information content (AvgIpc) is 2.87. The van der Waals surface area contributed by atoms with E-state index in [0.717, 1.165) is 0 Å². The molecule has 2 amide bonds. The minimum absolute atomic E-state index is 0.0760. The van der Waals surface area contributed by atoms with Crippen molar-refractivity contribution >= 4 is 21.8 Å². The predicted octanol–water partition coefficient (Wildman–Crippen LogP) is 1.75. The van der Waals surface area contributed by atoms with Gasteiger partial charge in [-0.3, -0.25) is 20.4 Å². The number of hydrogen-bond donors (Lipinski definition) is 2. The van der Waals surface area contributed by atoms with Gasteiger partial charge in [-0.05, 0) is 49.2 Å². The number of hydrazine groups is 1. The summed E-state index contributed by atoms with van der Waals surface area (Å²) in [7, 11) is -2.33. The third kappa shape index (κ3) is 5.66. The van der Waals surface area contributed by atoms with Crippen LogP contribution in [0.2, 0.25) is 0 Å². The lowest BCUT2D eigenvalue weighted by molar-refractivity contribution is 0.0730. The third-order valence-corrected chi connectivity index (χ3v) is 7.29. The molecular weight excluding hydrogens is 462 g/mol. The van der Waals surface area contributed by atoms with Crippen molar-refractivity contribution in [2.75, 3.05) is 40.0 Å². The number of sulfonamides is 1. The summed E-state index contributed by atoms with van der Waals surface area (Å²) < 4.78 is 43.6. The summed E-state index contributed by atoms with van der Waals surface area (Å²) in [4.78, 5) is 25.3. The van der Waals surface area contributed by atoms with Crippen LogP contribution in [-0.4, -0.2) is 64.6 Å². The van der Waals surface area contributed by atoms with E-state index in [1.165, 1.54) is 35.7 Å². The van der Waals surface area contributed by atoms with Gasteiger partial charge in [0.25, 0.3) is 11.8 Å². The molecule has 1 saturated heterocycles. The number of hydrogen-bond acceptors (Lipinski definition) is 7. The topological polar surface area (TPSA) is 123 Å². The van der Waals surface area contributed by atoms with Gasteiger partial charge in [0.05, 0.1) is 31.8 Å². The lowest BCUT2D eigenvalue weighted by Gasteiger charge is -2.27. The first kappa shape index (κ1) is 25.5. The van der Waals surface area contributed by atoms with E-state index in [9.17, 15) is 18.0 Å². The fraction of sp³-hybridized carbons (Fsp3) is 0.391. The van der Waals surface area contributed by atoms with Gasteiger partial charge in [0, 0.05) is 24.2 Å². The van der Waals surface area contributed by atoms with Crippen LogP contribution in [-0.2, 0) is 21.2 Å². The van der Waals surface area contributed by atoms with E-state index in [-0.39, 0.29) is 29.1 Å². The molecule has 2 N–H and O–H groups in total. The van der Waals surface area contributed by atoms with Crippen LogP contribution in [0.4, 0.5) is 0 Å². The highest BCUT2D eigenvalue weighted by atomic mass is 32.2. The summed E-state index contributed by atoms with van der Waals surface area (Å²) in [6.07, 6.45) is 0.483. The summed E-state index contributed by atoms with van der Waals surface area (Å²) in [5.41, 5.74) is 5.63. The average molecular weight is 492 g/mol. The van der Waals surface area contributed by atoms with Gasteiger partial charge in [0.15, 0.2) is 11.5 Å². The first-order chi connectivity index (χ1) is 16.3. The van der Waals surface area contributed by atoms with Crippen LogP contribution >= 0.6 is 0 Å². The number of rotatable bonds is 8. The van der Waals surface area contributed by atoms with Crippen LogP contribution in [0.25, 0.3) is 0 Å². The van der Waals surface area contributed by atoms with Crippen molar-refractivity contribution in [1.29, 1.82) is 0 Å². The van der Waals surface area contributed by atoms with E-state index in [2.05, 4.69) is 10.9 Å². The van der Waals surface area contributed by atoms with E-state index in [1.54, 1.807) is 12.1 Å². The smallest absolute Gasteiger partial charge is 0.269 e. The molecule has 2 aromatic carbocycles. The number of methoxy groups -OCH3 is 1. The van der Waals surface area contributed by atoms with Crippen molar-refractivity contribution in [3.8, 4) is 11.5 Å². The van der Waals surface area contributed by atoms with Crippen molar-refractivity contribution in [3.63, 3.8) is 0 Å². The van der Waals surface area contributed by atoms with Crippen LogP contribution in [0.15, 0.2) is 41.3 Å². The maximum Gasteiger partial charge on any atom is 0.269 e. The van der Waals surface area contributed by atoms with Crippen LogP contribution in [0.1, 0.15) is 40.1 Å². The monoisotopic (exact) mass is 491 g/mol. The number of morpholine rings is 1. The molecule has 0 unspecified atom stereocenters. The summed E-state index contributed by atoms with van der Waals surface area (Å²) in [6, 6.07) is 9.11. The Morgan fingerprint density at radius 2 is 1.59 bits per heavy atom. The first-order valence-corrected chi connectivity index (χ1v) is 12.4. The zero-order chi connectivity index (χ0) is 24.7. The molecule has 0 radical (unpaired) electrons. The summed E-state index contributed by atoms with van der Waals surface area (Å²) in [6.45, 7) is 5.27. The highest BCUT2D eigenvalue weighted by Gasteiger charge is 2.29. The molecule has 34 heavy (non-hydrogen) atoms. The number of ether oxygens (including phenoxy) is 3. The largest absolute Gasteiger partial charge is 0.493 e. The molecule has 0 saturated carbocycles. The minimum atomic E-state index is -3.79. The second kappa shape index (κ2) is 11.3.